The van der Waals surface area contributed by atoms with Crippen molar-refractivity contribution in [2.45, 2.75) is 26.7 Å². The van der Waals surface area contributed by atoms with E-state index in [4.69, 9.17) is 0 Å². The Labute approximate surface area is 96.3 Å². The number of anilines is 1. The van der Waals surface area contributed by atoms with Crippen molar-refractivity contribution >= 4 is 11.6 Å². The summed E-state index contributed by atoms with van der Waals surface area (Å²) >= 11 is 0. The molecule has 2 atom stereocenters. The lowest BCUT2D eigenvalue weighted by Crippen LogP contribution is -2.29. The fourth-order valence-corrected chi connectivity index (χ4v) is 3.07. The molecule has 0 radical (unpaired) electrons. The van der Waals surface area contributed by atoms with Gasteiger partial charge in [0.2, 0.25) is 5.91 Å². The van der Waals surface area contributed by atoms with Crippen LogP contribution < -0.4 is 4.90 Å². The number of hydrogen-bond acceptors (Lipinski definition) is 1. The molecule has 1 aromatic rings. The second-order valence-corrected chi connectivity index (χ2v) is 5.13. The van der Waals surface area contributed by atoms with Crippen LogP contribution in [0.2, 0.25) is 0 Å². The molecule has 0 spiro atoms. The van der Waals surface area contributed by atoms with Crippen LogP contribution in [-0.2, 0) is 4.79 Å². The largest absolute Gasteiger partial charge is 0.311 e. The Kier molecular flexibility index (Phi) is 2.06. The van der Waals surface area contributed by atoms with E-state index in [1.807, 2.05) is 4.90 Å². The monoisotopic (exact) mass is 215 g/mol. The molecule has 1 amide bonds. The maximum atomic E-state index is 12.2. The Hall–Kier alpha value is -1.31. The van der Waals surface area contributed by atoms with Gasteiger partial charge in [0, 0.05) is 18.2 Å². The first-order valence-corrected chi connectivity index (χ1v) is 6.06. The molecular formula is C14H17NO. The van der Waals surface area contributed by atoms with Gasteiger partial charge in [-0.1, -0.05) is 18.2 Å². The molecule has 84 valence electrons. The minimum Gasteiger partial charge on any atom is -0.311 e. The maximum absolute atomic E-state index is 12.2. The van der Waals surface area contributed by atoms with E-state index in [0.717, 1.165) is 18.7 Å². The molecule has 1 saturated carbocycles. The van der Waals surface area contributed by atoms with E-state index in [9.17, 15) is 4.79 Å². The molecule has 0 N–H and O–H groups in total. The number of nitrogens with zero attached hydrogens (tertiary/aromatic N) is 1. The highest BCUT2D eigenvalue weighted by molar-refractivity contribution is 5.99. The average Bonchev–Trinajstić information content (AvgIpc) is 2.39. The smallest absolute Gasteiger partial charge is 0.230 e. The van der Waals surface area contributed by atoms with Gasteiger partial charge in [0.25, 0.3) is 0 Å². The zero-order valence-electron chi connectivity index (χ0n) is 9.86. The summed E-state index contributed by atoms with van der Waals surface area (Å²) in [4.78, 5) is 14.2. The number of carbonyl (C=O) groups excluding carboxylic acids is 1. The van der Waals surface area contributed by atoms with Gasteiger partial charge in [-0.2, -0.15) is 0 Å². The number of rotatable bonds is 1. The van der Waals surface area contributed by atoms with Crippen LogP contribution in [0.1, 0.15) is 24.0 Å². The third-order valence-electron chi connectivity index (χ3n) is 4.13. The van der Waals surface area contributed by atoms with Gasteiger partial charge in [-0.15, -0.1) is 0 Å². The summed E-state index contributed by atoms with van der Waals surface area (Å²) in [6.07, 6.45) is 2.34. The number of fused-ring (bicyclic) bond motifs is 1. The molecule has 2 heteroatoms. The summed E-state index contributed by atoms with van der Waals surface area (Å²) in [5.41, 5.74) is 3.59. The van der Waals surface area contributed by atoms with Gasteiger partial charge < -0.3 is 4.90 Å². The highest BCUT2D eigenvalue weighted by atomic mass is 16.2. The van der Waals surface area contributed by atoms with Gasteiger partial charge in [-0.3, -0.25) is 4.79 Å². The Balaban J connectivity index is 2.01. The van der Waals surface area contributed by atoms with Crippen LogP contribution >= 0.6 is 0 Å². The van der Waals surface area contributed by atoms with Crippen molar-refractivity contribution in [3.05, 3.63) is 29.3 Å². The minimum absolute atomic E-state index is 0.332. The molecule has 3 rings (SSSR count). The van der Waals surface area contributed by atoms with Gasteiger partial charge in [0.05, 0.1) is 0 Å². The van der Waals surface area contributed by atoms with Gasteiger partial charge in [-0.25, -0.2) is 0 Å². The molecule has 1 aromatic carbocycles. The summed E-state index contributed by atoms with van der Waals surface area (Å²) < 4.78 is 0. The van der Waals surface area contributed by atoms with E-state index in [0.29, 0.717) is 17.7 Å². The zero-order chi connectivity index (χ0) is 11.3. The summed E-state index contributed by atoms with van der Waals surface area (Å²) in [6, 6.07) is 6.25. The summed E-state index contributed by atoms with van der Waals surface area (Å²) in [7, 11) is 0. The first-order valence-electron chi connectivity index (χ1n) is 6.06. The number of benzene rings is 1. The van der Waals surface area contributed by atoms with E-state index in [2.05, 4.69) is 32.0 Å². The van der Waals surface area contributed by atoms with Gasteiger partial charge in [0.1, 0.15) is 0 Å². The van der Waals surface area contributed by atoms with Crippen molar-refractivity contribution in [3.63, 3.8) is 0 Å². The maximum Gasteiger partial charge on any atom is 0.230 e. The zero-order valence-corrected chi connectivity index (χ0v) is 9.86. The van der Waals surface area contributed by atoms with Crippen molar-refractivity contribution in [3.8, 4) is 0 Å². The van der Waals surface area contributed by atoms with Gasteiger partial charge in [0.15, 0.2) is 0 Å². The van der Waals surface area contributed by atoms with Crippen molar-refractivity contribution < 1.29 is 4.79 Å². The van der Waals surface area contributed by atoms with Crippen LogP contribution in [0.4, 0.5) is 5.69 Å². The number of para-hydroxylation sites is 1. The Morgan fingerprint density at radius 2 is 1.88 bits per heavy atom. The highest BCUT2D eigenvalue weighted by Crippen LogP contribution is 2.44. The normalized spacial score (nSPS) is 27.9. The lowest BCUT2D eigenvalue weighted by atomic mass is 9.76. The van der Waals surface area contributed by atoms with Crippen molar-refractivity contribution in [2.75, 3.05) is 11.4 Å². The third kappa shape index (κ3) is 1.22. The van der Waals surface area contributed by atoms with Crippen LogP contribution in [0, 0.1) is 25.7 Å². The number of aryl methyl sites for hydroxylation is 2. The minimum atomic E-state index is 0.332. The fraction of sp³-hybridized carbons (Fsp3) is 0.500. The first-order chi connectivity index (χ1) is 7.68. The quantitative estimate of drug-likeness (QED) is 0.705. The number of carbonyl (C=O) groups is 1. The van der Waals surface area contributed by atoms with Crippen LogP contribution in [0.15, 0.2) is 18.2 Å². The van der Waals surface area contributed by atoms with Crippen molar-refractivity contribution in [2.24, 2.45) is 11.8 Å². The molecule has 2 fully saturated rings. The second kappa shape index (κ2) is 3.34. The molecule has 1 aliphatic carbocycles. The second-order valence-electron chi connectivity index (χ2n) is 5.13. The van der Waals surface area contributed by atoms with E-state index < -0.39 is 0 Å². The molecule has 1 heterocycles. The lowest BCUT2D eigenvalue weighted by Gasteiger charge is -2.25. The highest BCUT2D eigenvalue weighted by Gasteiger charge is 2.46. The lowest BCUT2D eigenvalue weighted by molar-refractivity contribution is -0.123. The summed E-state index contributed by atoms with van der Waals surface area (Å²) in [6.45, 7) is 5.13. The number of amides is 1. The fourth-order valence-electron chi connectivity index (χ4n) is 3.07. The van der Waals surface area contributed by atoms with E-state index >= 15 is 0 Å². The van der Waals surface area contributed by atoms with E-state index in [1.165, 1.54) is 17.5 Å². The van der Waals surface area contributed by atoms with Crippen LogP contribution in [0.25, 0.3) is 0 Å². The summed E-state index contributed by atoms with van der Waals surface area (Å²) in [5.74, 6) is 1.32. The Bertz CT molecular complexity index is 432. The molecular weight excluding hydrogens is 198 g/mol. The summed E-state index contributed by atoms with van der Waals surface area (Å²) in [5, 5.41) is 0. The first kappa shape index (κ1) is 9.88. The predicted molar refractivity (Wildman–Crippen MR) is 64.5 cm³/mol. The predicted octanol–water partition coefficient (Wildman–Crippen LogP) is 2.68. The molecule has 2 unspecified atom stereocenters. The molecule has 1 aliphatic heterocycles. The standard InChI is InChI=1S/C14H17NO/c1-9-4-3-5-10(2)13(9)15-8-11-6-7-12(11)14(15)16/h3-5,11-12H,6-8H2,1-2H3. The molecule has 2 nitrogen and oxygen atoms in total. The molecule has 1 saturated heterocycles. The molecule has 16 heavy (non-hydrogen) atoms. The molecule has 2 aliphatic rings. The van der Waals surface area contributed by atoms with E-state index in [-0.39, 0.29) is 0 Å². The van der Waals surface area contributed by atoms with E-state index in [1.54, 1.807) is 0 Å². The van der Waals surface area contributed by atoms with Gasteiger partial charge >= 0.3 is 0 Å². The van der Waals surface area contributed by atoms with Gasteiger partial charge in [-0.05, 0) is 43.7 Å². The average molecular weight is 215 g/mol. The van der Waals surface area contributed by atoms with Crippen molar-refractivity contribution in [1.82, 2.24) is 0 Å². The number of hydrogen-bond donors (Lipinski definition) is 0. The SMILES string of the molecule is Cc1cccc(C)c1N1CC2CCC2C1=O. The topological polar surface area (TPSA) is 20.3 Å². The van der Waals surface area contributed by atoms with Crippen LogP contribution in [0.5, 0.6) is 0 Å². The Morgan fingerprint density at radius 3 is 2.31 bits per heavy atom. The molecule has 0 bridgehead atoms. The Morgan fingerprint density at radius 1 is 1.19 bits per heavy atom. The van der Waals surface area contributed by atoms with Crippen LogP contribution in [0.3, 0.4) is 0 Å². The van der Waals surface area contributed by atoms with Crippen molar-refractivity contribution in [1.29, 1.82) is 0 Å². The van der Waals surface area contributed by atoms with Crippen LogP contribution in [-0.4, -0.2) is 12.5 Å². The molecule has 0 aromatic heterocycles. The third-order valence-corrected chi connectivity index (χ3v) is 4.13.